The summed E-state index contributed by atoms with van der Waals surface area (Å²) in [6.07, 6.45) is -0.249. The van der Waals surface area contributed by atoms with Crippen molar-refractivity contribution in [1.29, 1.82) is 0 Å². The van der Waals surface area contributed by atoms with Crippen molar-refractivity contribution in [3.05, 3.63) is 54.6 Å². The molecule has 12 nitrogen and oxygen atoms in total. The maximum absolute atomic E-state index is 12.4. The summed E-state index contributed by atoms with van der Waals surface area (Å²) in [5.74, 6) is 0.132. The van der Waals surface area contributed by atoms with E-state index in [4.69, 9.17) is 15.2 Å². The number of anilines is 3. The maximum Gasteiger partial charge on any atom is 0.410 e. The normalized spacial score (nSPS) is 13.4. The van der Waals surface area contributed by atoms with Crippen LogP contribution in [0.5, 0.6) is 5.75 Å². The molecule has 0 saturated carbocycles. The zero-order chi connectivity index (χ0) is 26.7. The summed E-state index contributed by atoms with van der Waals surface area (Å²) < 4.78 is 14.8. The van der Waals surface area contributed by atoms with Gasteiger partial charge in [0.2, 0.25) is 0 Å². The standard InChI is InChI=1S/C25H29N7O5S/c26-23(33)37-20-21(17-7-9-19(10-8-17)29-25(35)28-18-5-2-1-3-6-18)38-31-22(20)30-24(34)27-11-4-12-32-13-15-36-16-14-32/h1-3,5-10H,4,11-16H2,(H2,26,33)(H2,28,29,35)(H2,27,30,31,34). The number of morpholine rings is 1. The SMILES string of the molecule is NC(=O)Oc1c(NC(=O)NCCCN2CCOCC2)nsc1-c1ccc(NC(=O)Nc2ccccc2)cc1. The Hall–Kier alpha value is -4.20. The van der Waals surface area contributed by atoms with Crippen LogP contribution in [0.2, 0.25) is 0 Å². The maximum atomic E-state index is 12.4. The molecule has 200 valence electrons. The lowest BCUT2D eigenvalue weighted by molar-refractivity contribution is 0.0375. The highest BCUT2D eigenvalue weighted by molar-refractivity contribution is 7.10. The molecule has 1 saturated heterocycles. The smallest absolute Gasteiger partial charge is 0.405 e. The monoisotopic (exact) mass is 539 g/mol. The molecular formula is C25H29N7O5S. The van der Waals surface area contributed by atoms with Gasteiger partial charge in [0.15, 0.2) is 11.6 Å². The first kappa shape index (κ1) is 26.9. The molecular weight excluding hydrogens is 510 g/mol. The van der Waals surface area contributed by atoms with E-state index in [1.807, 2.05) is 18.2 Å². The number of carbonyl (C=O) groups excluding carboxylic acids is 3. The second-order valence-corrected chi connectivity index (χ2v) is 9.09. The number of benzene rings is 2. The quantitative estimate of drug-likeness (QED) is 0.259. The molecule has 1 aromatic heterocycles. The zero-order valence-electron chi connectivity index (χ0n) is 20.6. The first-order chi connectivity index (χ1) is 18.5. The van der Waals surface area contributed by atoms with E-state index in [1.54, 1.807) is 36.4 Å². The summed E-state index contributed by atoms with van der Waals surface area (Å²) in [7, 11) is 0. The molecule has 0 unspecified atom stereocenters. The van der Waals surface area contributed by atoms with Gasteiger partial charge in [-0.1, -0.05) is 30.3 Å². The summed E-state index contributed by atoms with van der Waals surface area (Å²) in [5.41, 5.74) is 7.14. The first-order valence-corrected chi connectivity index (χ1v) is 12.8. The van der Waals surface area contributed by atoms with Crippen molar-refractivity contribution in [2.75, 3.05) is 55.3 Å². The average molecular weight is 540 g/mol. The summed E-state index contributed by atoms with van der Waals surface area (Å²) >= 11 is 1.04. The van der Waals surface area contributed by atoms with Gasteiger partial charge >= 0.3 is 18.2 Å². The highest BCUT2D eigenvalue weighted by Crippen LogP contribution is 2.40. The molecule has 0 radical (unpaired) electrons. The summed E-state index contributed by atoms with van der Waals surface area (Å²) in [5, 5.41) is 10.9. The third kappa shape index (κ3) is 7.90. The van der Waals surface area contributed by atoms with Gasteiger partial charge in [-0.15, -0.1) is 0 Å². The zero-order valence-corrected chi connectivity index (χ0v) is 21.4. The number of rotatable bonds is 9. The van der Waals surface area contributed by atoms with E-state index in [0.717, 1.165) is 50.8 Å². The van der Waals surface area contributed by atoms with Crippen molar-refractivity contribution in [2.45, 2.75) is 6.42 Å². The fraction of sp³-hybridized carbons (Fsp3) is 0.280. The van der Waals surface area contributed by atoms with Crippen LogP contribution in [0.15, 0.2) is 54.6 Å². The Morgan fingerprint density at radius 1 is 0.947 bits per heavy atom. The van der Waals surface area contributed by atoms with Crippen molar-refractivity contribution >= 4 is 46.9 Å². The number of carbonyl (C=O) groups is 3. The van der Waals surface area contributed by atoms with Gasteiger partial charge in [-0.2, -0.15) is 4.37 Å². The Morgan fingerprint density at radius 2 is 1.63 bits per heavy atom. The molecule has 0 spiro atoms. The van der Waals surface area contributed by atoms with Gasteiger partial charge in [0.1, 0.15) is 4.88 Å². The fourth-order valence-corrected chi connectivity index (χ4v) is 4.52. The number of nitrogens with zero attached hydrogens (tertiary/aromatic N) is 2. The number of amides is 5. The van der Waals surface area contributed by atoms with Crippen LogP contribution in [0.1, 0.15) is 6.42 Å². The average Bonchev–Trinajstić information content (AvgIpc) is 3.29. The van der Waals surface area contributed by atoms with Crippen LogP contribution in [-0.4, -0.2) is 66.8 Å². The molecule has 13 heteroatoms. The lowest BCUT2D eigenvalue weighted by Gasteiger charge is -2.26. The van der Waals surface area contributed by atoms with Crippen molar-refractivity contribution in [3.63, 3.8) is 0 Å². The molecule has 1 fully saturated rings. The van der Waals surface area contributed by atoms with Gasteiger partial charge in [0, 0.05) is 31.0 Å². The van der Waals surface area contributed by atoms with E-state index in [0.29, 0.717) is 28.4 Å². The number of nitrogens with one attached hydrogen (secondary N) is 4. The van der Waals surface area contributed by atoms with Crippen LogP contribution in [0.3, 0.4) is 0 Å². The molecule has 38 heavy (non-hydrogen) atoms. The highest BCUT2D eigenvalue weighted by atomic mass is 32.1. The Morgan fingerprint density at radius 3 is 2.32 bits per heavy atom. The predicted molar refractivity (Wildman–Crippen MR) is 146 cm³/mol. The lowest BCUT2D eigenvalue weighted by atomic mass is 10.1. The van der Waals surface area contributed by atoms with Crippen LogP contribution in [0, 0.1) is 0 Å². The van der Waals surface area contributed by atoms with Gasteiger partial charge in [0.05, 0.1) is 13.2 Å². The van der Waals surface area contributed by atoms with E-state index in [-0.39, 0.29) is 17.6 Å². The van der Waals surface area contributed by atoms with Crippen molar-refractivity contribution in [3.8, 4) is 16.2 Å². The molecule has 4 rings (SSSR count). The second-order valence-electron chi connectivity index (χ2n) is 8.32. The van der Waals surface area contributed by atoms with Gasteiger partial charge in [-0.3, -0.25) is 10.2 Å². The van der Waals surface area contributed by atoms with Gasteiger partial charge in [0.25, 0.3) is 0 Å². The summed E-state index contributed by atoms with van der Waals surface area (Å²) in [6.45, 7) is 4.56. The molecule has 2 aromatic carbocycles. The Labute approximate surface area is 223 Å². The number of aromatic nitrogens is 1. The number of para-hydroxylation sites is 1. The van der Waals surface area contributed by atoms with E-state index in [9.17, 15) is 14.4 Å². The van der Waals surface area contributed by atoms with Crippen LogP contribution in [0.4, 0.5) is 31.6 Å². The molecule has 6 N–H and O–H groups in total. The first-order valence-electron chi connectivity index (χ1n) is 12.0. The molecule has 2 heterocycles. The van der Waals surface area contributed by atoms with Gasteiger partial charge in [-0.05, 0) is 54.3 Å². The van der Waals surface area contributed by atoms with Gasteiger partial charge in [-0.25, -0.2) is 14.4 Å². The van der Waals surface area contributed by atoms with Crippen LogP contribution in [0.25, 0.3) is 10.4 Å². The minimum absolute atomic E-state index is 0.0495. The van der Waals surface area contributed by atoms with E-state index in [1.165, 1.54) is 0 Å². The van der Waals surface area contributed by atoms with Gasteiger partial charge < -0.3 is 31.2 Å². The predicted octanol–water partition coefficient (Wildman–Crippen LogP) is 3.76. The fourth-order valence-electron chi connectivity index (χ4n) is 3.74. The molecule has 1 aliphatic rings. The van der Waals surface area contributed by atoms with Crippen molar-refractivity contribution < 1.29 is 23.9 Å². The second kappa shape index (κ2) is 13.4. The number of nitrogens with two attached hydrogens (primary N) is 1. The van der Waals surface area contributed by atoms with Crippen LogP contribution < -0.4 is 31.7 Å². The third-order valence-corrected chi connectivity index (χ3v) is 6.44. The van der Waals surface area contributed by atoms with E-state index >= 15 is 0 Å². The molecule has 3 aromatic rings. The third-order valence-electron chi connectivity index (χ3n) is 5.56. The van der Waals surface area contributed by atoms with Crippen molar-refractivity contribution in [1.82, 2.24) is 14.6 Å². The number of hydrogen-bond acceptors (Lipinski definition) is 8. The molecule has 1 aliphatic heterocycles. The minimum Gasteiger partial charge on any atom is -0.405 e. The van der Waals surface area contributed by atoms with Crippen LogP contribution >= 0.6 is 11.5 Å². The molecule has 0 atom stereocenters. The number of hydrogen-bond donors (Lipinski definition) is 5. The minimum atomic E-state index is -1.03. The van der Waals surface area contributed by atoms with Crippen LogP contribution in [-0.2, 0) is 4.74 Å². The summed E-state index contributed by atoms with van der Waals surface area (Å²) in [6, 6.07) is 15.1. The van der Waals surface area contributed by atoms with E-state index in [2.05, 4.69) is 30.5 Å². The Bertz CT molecular complexity index is 1230. The number of primary amides is 1. The molecule has 5 amide bonds. The topological polar surface area (TPSA) is 160 Å². The largest absolute Gasteiger partial charge is 0.410 e. The molecule has 0 bridgehead atoms. The lowest BCUT2D eigenvalue weighted by Crippen LogP contribution is -2.38. The Balaban J connectivity index is 1.34. The van der Waals surface area contributed by atoms with Crippen molar-refractivity contribution in [2.24, 2.45) is 5.73 Å². The Kier molecular flexibility index (Phi) is 9.45. The molecule has 0 aliphatic carbocycles. The number of urea groups is 2. The van der Waals surface area contributed by atoms with E-state index < -0.39 is 12.1 Å². The number of ether oxygens (including phenoxy) is 2. The highest BCUT2D eigenvalue weighted by Gasteiger charge is 2.21. The summed E-state index contributed by atoms with van der Waals surface area (Å²) in [4.78, 5) is 39.0.